The van der Waals surface area contributed by atoms with Gasteiger partial charge in [0.05, 0.1) is 0 Å². The fraction of sp³-hybridized carbons (Fsp3) is 0. The highest BCUT2D eigenvalue weighted by Crippen LogP contribution is 2.19. The highest BCUT2D eigenvalue weighted by Gasteiger charge is 2.04. The Labute approximate surface area is 110 Å². The van der Waals surface area contributed by atoms with Gasteiger partial charge < -0.3 is 4.74 Å². The molecule has 0 fully saturated rings. The lowest BCUT2D eigenvalue weighted by Crippen LogP contribution is -1.95. The normalized spacial score (nSPS) is 10.1. The summed E-state index contributed by atoms with van der Waals surface area (Å²) < 4.78 is 5.58. The topological polar surface area (TPSA) is 47.9 Å². The molecule has 0 aliphatic heterocycles. The standard InChI is InChI=1S/C15H11N3O/c1-3-7-12(8-4-1)14-16-11-17-15(18-14)19-13-9-5-2-6-10-13/h1-11H. The van der Waals surface area contributed by atoms with E-state index in [1.54, 1.807) is 0 Å². The van der Waals surface area contributed by atoms with Crippen LogP contribution in [-0.4, -0.2) is 15.0 Å². The van der Waals surface area contributed by atoms with Gasteiger partial charge in [-0.05, 0) is 12.1 Å². The smallest absolute Gasteiger partial charge is 0.325 e. The first-order valence-corrected chi connectivity index (χ1v) is 5.89. The van der Waals surface area contributed by atoms with Gasteiger partial charge >= 0.3 is 6.01 Å². The van der Waals surface area contributed by atoms with E-state index in [1.807, 2.05) is 60.7 Å². The van der Waals surface area contributed by atoms with Crippen molar-refractivity contribution in [2.45, 2.75) is 0 Å². The molecule has 4 nitrogen and oxygen atoms in total. The summed E-state index contributed by atoms with van der Waals surface area (Å²) in [6, 6.07) is 19.4. The van der Waals surface area contributed by atoms with Crippen molar-refractivity contribution in [1.29, 1.82) is 0 Å². The van der Waals surface area contributed by atoms with Gasteiger partial charge in [0.2, 0.25) is 0 Å². The molecule has 0 N–H and O–H groups in total. The third-order valence-electron chi connectivity index (χ3n) is 2.53. The molecule has 4 heteroatoms. The molecule has 19 heavy (non-hydrogen) atoms. The third kappa shape index (κ3) is 2.74. The summed E-state index contributed by atoms with van der Waals surface area (Å²) in [6.45, 7) is 0. The van der Waals surface area contributed by atoms with E-state index in [2.05, 4.69) is 15.0 Å². The number of aromatic nitrogens is 3. The summed E-state index contributed by atoms with van der Waals surface area (Å²) in [7, 11) is 0. The van der Waals surface area contributed by atoms with Gasteiger partial charge in [0.1, 0.15) is 12.1 Å². The van der Waals surface area contributed by atoms with Crippen LogP contribution in [0, 0.1) is 0 Å². The lowest BCUT2D eigenvalue weighted by atomic mass is 10.2. The fourth-order valence-electron chi connectivity index (χ4n) is 1.65. The molecule has 92 valence electrons. The molecule has 0 saturated heterocycles. The zero-order chi connectivity index (χ0) is 12.9. The van der Waals surface area contributed by atoms with Crippen LogP contribution < -0.4 is 4.74 Å². The molecule has 0 bridgehead atoms. The number of hydrogen-bond donors (Lipinski definition) is 0. The molecule has 0 radical (unpaired) electrons. The Bertz CT molecular complexity index is 657. The predicted molar refractivity (Wildman–Crippen MR) is 71.8 cm³/mol. The summed E-state index contributed by atoms with van der Waals surface area (Å²) in [5.74, 6) is 1.30. The Morgan fingerprint density at radius 1 is 0.737 bits per heavy atom. The van der Waals surface area contributed by atoms with Crippen LogP contribution in [0.2, 0.25) is 0 Å². The Hall–Kier alpha value is -2.75. The van der Waals surface area contributed by atoms with Crippen LogP contribution in [0.4, 0.5) is 0 Å². The Balaban J connectivity index is 1.89. The molecular weight excluding hydrogens is 238 g/mol. The maximum absolute atomic E-state index is 5.58. The maximum atomic E-state index is 5.58. The number of hydrogen-bond acceptors (Lipinski definition) is 4. The Morgan fingerprint density at radius 2 is 1.42 bits per heavy atom. The molecular formula is C15H11N3O. The molecule has 0 spiro atoms. The largest absolute Gasteiger partial charge is 0.424 e. The van der Waals surface area contributed by atoms with Crippen LogP contribution in [0.1, 0.15) is 0 Å². The van der Waals surface area contributed by atoms with Gasteiger partial charge in [0, 0.05) is 5.56 Å². The minimum Gasteiger partial charge on any atom is -0.424 e. The first-order chi connectivity index (χ1) is 9.42. The van der Waals surface area contributed by atoms with Gasteiger partial charge in [-0.25, -0.2) is 4.98 Å². The van der Waals surface area contributed by atoms with E-state index in [0.29, 0.717) is 17.6 Å². The Morgan fingerprint density at radius 3 is 2.16 bits per heavy atom. The summed E-state index contributed by atoms with van der Waals surface area (Å²) >= 11 is 0. The van der Waals surface area contributed by atoms with Crippen LogP contribution >= 0.6 is 0 Å². The van der Waals surface area contributed by atoms with E-state index in [1.165, 1.54) is 6.33 Å². The van der Waals surface area contributed by atoms with Gasteiger partial charge in [-0.2, -0.15) is 9.97 Å². The minimum absolute atomic E-state index is 0.292. The second-order valence-electron chi connectivity index (χ2n) is 3.87. The number of para-hydroxylation sites is 1. The van der Waals surface area contributed by atoms with Gasteiger partial charge in [-0.15, -0.1) is 0 Å². The van der Waals surface area contributed by atoms with E-state index >= 15 is 0 Å². The average Bonchev–Trinajstić information content (AvgIpc) is 2.49. The highest BCUT2D eigenvalue weighted by molar-refractivity contribution is 5.54. The van der Waals surface area contributed by atoms with Gasteiger partial charge in [0.15, 0.2) is 5.82 Å². The lowest BCUT2D eigenvalue weighted by Gasteiger charge is -2.04. The maximum Gasteiger partial charge on any atom is 0.325 e. The van der Waals surface area contributed by atoms with Gasteiger partial charge in [-0.3, -0.25) is 0 Å². The van der Waals surface area contributed by atoms with Crippen LogP contribution in [-0.2, 0) is 0 Å². The van der Waals surface area contributed by atoms with Crippen LogP contribution in [0.3, 0.4) is 0 Å². The second kappa shape index (κ2) is 5.27. The Kier molecular flexibility index (Phi) is 3.14. The summed E-state index contributed by atoms with van der Waals surface area (Å²) in [4.78, 5) is 12.5. The third-order valence-corrected chi connectivity index (χ3v) is 2.53. The molecule has 0 unspecified atom stereocenters. The quantitative estimate of drug-likeness (QED) is 0.714. The molecule has 1 aromatic heterocycles. The molecule has 0 aliphatic rings. The number of rotatable bonds is 3. The summed E-state index contributed by atoms with van der Waals surface area (Å²) in [6.07, 6.45) is 1.45. The van der Waals surface area contributed by atoms with Crippen molar-refractivity contribution in [1.82, 2.24) is 15.0 Å². The van der Waals surface area contributed by atoms with Gasteiger partial charge in [0.25, 0.3) is 0 Å². The molecule has 3 rings (SSSR count). The summed E-state index contributed by atoms with van der Waals surface area (Å²) in [5, 5.41) is 0. The van der Waals surface area contributed by atoms with E-state index < -0.39 is 0 Å². The SMILES string of the molecule is c1ccc(Oc2ncnc(-c3ccccc3)n2)cc1. The van der Waals surface area contributed by atoms with E-state index in [4.69, 9.17) is 4.74 Å². The lowest BCUT2D eigenvalue weighted by molar-refractivity contribution is 0.440. The van der Waals surface area contributed by atoms with Crippen molar-refractivity contribution in [3.8, 4) is 23.1 Å². The molecule has 0 amide bonds. The molecule has 0 atom stereocenters. The number of nitrogens with zero attached hydrogens (tertiary/aromatic N) is 3. The average molecular weight is 249 g/mol. The van der Waals surface area contributed by atoms with E-state index in [-0.39, 0.29) is 0 Å². The van der Waals surface area contributed by atoms with Crippen molar-refractivity contribution >= 4 is 0 Å². The van der Waals surface area contributed by atoms with Crippen LogP contribution in [0.5, 0.6) is 11.8 Å². The second-order valence-corrected chi connectivity index (χ2v) is 3.87. The molecule has 0 aliphatic carbocycles. The van der Waals surface area contributed by atoms with E-state index in [0.717, 1.165) is 5.56 Å². The highest BCUT2D eigenvalue weighted by atomic mass is 16.5. The zero-order valence-corrected chi connectivity index (χ0v) is 10.1. The van der Waals surface area contributed by atoms with Crippen molar-refractivity contribution < 1.29 is 4.74 Å². The monoisotopic (exact) mass is 249 g/mol. The molecule has 0 saturated carbocycles. The molecule has 3 aromatic rings. The zero-order valence-electron chi connectivity index (χ0n) is 10.1. The van der Waals surface area contributed by atoms with Crippen molar-refractivity contribution in [3.63, 3.8) is 0 Å². The van der Waals surface area contributed by atoms with Crippen molar-refractivity contribution in [3.05, 3.63) is 67.0 Å². The van der Waals surface area contributed by atoms with Crippen LogP contribution in [0.15, 0.2) is 67.0 Å². The number of benzene rings is 2. The minimum atomic E-state index is 0.292. The fourth-order valence-corrected chi connectivity index (χ4v) is 1.65. The van der Waals surface area contributed by atoms with Crippen molar-refractivity contribution in [2.24, 2.45) is 0 Å². The molecule has 2 aromatic carbocycles. The van der Waals surface area contributed by atoms with Crippen molar-refractivity contribution in [2.75, 3.05) is 0 Å². The van der Waals surface area contributed by atoms with Crippen LogP contribution in [0.25, 0.3) is 11.4 Å². The summed E-state index contributed by atoms with van der Waals surface area (Å²) in [5.41, 5.74) is 0.933. The number of ether oxygens (including phenoxy) is 1. The predicted octanol–water partition coefficient (Wildman–Crippen LogP) is 3.33. The first kappa shape index (κ1) is 11.3. The first-order valence-electron chi connectivity index (χ1n) is 5.89. The van der Waals surface area contributed by atoms with Gasteiger partial charge in [-0.1, -0.05) is 48.5 Å². The van der Waals surface area contributed by atoms with E-state index in [9.17, 15) is 0 Å². The molecule has 1 heterocycles.